The first kappa shape index (κ1) is 10.6. The smallest absolute Gasteiger partial charge is 0.303 e. The van der Waals surface area contributed by atoms with E-state index in [0.29, 0.717) is 5.00 Å². The lowest BCUT2D eigenvalue weighted by atomic mass is 10.2. The Bertz CT molecular complexity index is 522. The van der Waals surface area contributed by atoms with Gasteiger partial charge in [-0.25, -0.2) is 0 Å². The van der Waals surface area contributed by atoms with Crippen LogP contribution >= 0.6 is 11.3 Å². The molecule has 2 aromatic rings. The van der Waals surface area contributed by atoms with E-state index in [9.17, 15) is 10.1 Å². The van der Waals surface area contributed by atoms with Crippen LogP contribution in [-0.2, 0) is 0 Å². The molecule has 0 saturated heterocycles. The Morgan fingerprint density at radius 3 is 2.75 bits per heavy atom. The molecule has 0 saturated carbocycles. The maximum Gasteiger partial charge on any atom is 0.303 e. The number of nitrogens with zero attached hydrogens (tertiary/aromatic N) is 1. The number of benzene rings is 1. The summed E-state index contributed by atoms with van der Waals surface area (Å²) >= 11 is 1.33. The minimum atomic E-state index is -0.378. The van der Waals surface area contributed by atoms with Gasteiger partial charge in [-0.1, -0.05) is 18.2 Å². The molecule has 0 unspecified atom stereocenters. The topological polar surface area (TPSA) is 55.2 Å². The highest BCUT2D eigenvalue weighted by atomic mass is 32.1. The van der Waals surface area contributed by atoms with Gasteiger partial charge in [0.15, 0.2) is 5.00 Å². The zero-order valence-corrected chi connectivity index (χ0v) is 9.45. The number of rotatable bonds is 3. The molecule has 1 aromatic heterocycles. The standard InChI is InChI=1S/C11H10N2O2S/c1-8-4-2-3-5-9(8)12-11-10(13(14)15)6-7-16-11/h2-7,12H,1H3. The first-order chi connectivity index (χ1) is 7.68. The fraction of sp³-hybridized carbons (Fsp3) is 0.0909. The molecule has 82 valence electrons. The number of hydrogen-bond donors (Lipinski definition) is 1. The summed E-state index contributed by atoms with van der Waals surface area (Å²) in [5, 5.41) is 16.1. The van der Waals surface area contributed by atoms with Gasteiger partial charge in [-0.2, -0.15) is 0 Å². The Morgan fingerprint density at radius 1 is 1.31 bits per heavy atom. The molecule has 1 aromatic carbocycles. The Balaban J connectivity index is 2.31. The van der Waals surface area contributed by atoms with Crippen molar-refractivity contribution in [2.45, 2.75) is 6.92 Å². The molecule has 5 heteroatoms. The van der Waals surface area contributed by atoms with E-state index >= 15 is 0 Å². The average molecular weight is 234 g/mol. The van der Waals surface area contributed by atoms with Crippen LogP contribution in [0.5, 0.6) is 0 Å². The number of anilines is 2. The predicted molar refractivity (Wildman–Crippen MR) is 65.4 cm³/mol. The molecule has 0 radical (unpaired) electrons. The largest absolute Gasteiger partial charge is 0.341 e. The first-order valence-electron chi connectivity index (χ1n) is 4.73. The highest BCUT2D eigenvalue weighted by molar-refractivity contribution is 7.14. The van der Waals surface area contributed by atoms with Gasteiger partial charge in [0, 0.05) is 11.8 Å². The summed E-state index contributed by atoms with van der Waals surface area (Å²) in [5.41, 5.74) is 2.08. The second kappa shape index (κ2) is 4.32. The maximum atomic E-state index is 10.7. The van der Waals surface area contributed by atoms with Gasteiger partial charge in [0.25, 0.3) is 0 Å². The number of thiophene rings is 1. The lowest BCUT2D eigenvalue weighted by Crippen LogP contribution is -1.94. The van der Waals surface area contributed by atoms with E-state index in [0.717, 1.165) is 11.3 Å². The molecular weight excluding hydrogens is 224 g/mol. The van der Waals surface area contributed by atoms with E-state index in [2.05, 4.69) is 5.32 Å². The quantitative estimate of drug-likeness (QED) is 0.650. The van der Waals surface area contributed by atoms with Crippen LogP contribution in [0.3, 0.4) is 0 Å². The van der Waals surface area contributed by atoms with Crippen molar-refractivity contribution in [1.82, 2.24) is 0 Å². The Kier molecular flexibility index (Phi) is 2.87. The van der Waals surface area contributed by atoms with Crippen molar-refractivity contribution in [3.63, 3.8) is 0 Å². The van der Waals surface area contributed by atoms with Crippen LogP contribution in [0.15, 0.2) is 35.7 Å². The highest BCUT2D eigenvalue weighted by Crippen LogP contribution is 2.33. The minimum absolute atomic E-state index is 0.119. The van der Waals surface area contributed by atoms with E-state index in [4.69, 9.17) is 0 Å². The summed E-state index contributed by atoms with van der Waals surface area (Å²) in [4.78, 5) is 10.4. The SMILES string of the molecule is Cc1ccccc1Nc1sccc1[N+](=O)[O-]. The Hall–Kier alpha value is -1.88. The van der Waals surface area contributed by atoms with E-state index in [1.165, 1.54) is 17.4 Å². The van der Waals surface area contributed by atoms with Crippen molar-refractivity contribution in [3.8, 4) is 0 Å². The molecule has 0 aliphatic heterocycles. The third-order valence-electron chi connectivity index (χ3n) is 2.23. The van der Waals surface area contributed by atoms with Crippen LogP contribution < -0.4 is 5.32 Å². The van der Waals surface area contributed by atoms with Gasteiger partial charge < -0.3 is 5.32 Å². The zero-order valence-electron chi connectivity index (χ0n) is 8.64. The molecule has 4 nitrogen and oxygen atoms in total. The van der Waals surface area contributed by atoms with Crippen LogP contribution in [0, 0.1) is 17.0 Å². The molecule has 16 heavy (non-hydrogen) atoms. The molecule has 0 fully saturated rings. The van der Waals surface area contributed by atoms with Crippen LogP contribution in [0.2, 0.25) is 0 Å². The van der Waals surface area contributed by atoms with Gasteiger partial charge >= 0.3 is 5.69 Å². The molecule has 0 aliphatic rings. The van der Waals surface area contributed by atoms with Gasteiger partial charge in [-0.3, -0.25) is 10.1 Å². The number of nitrogens with one attached hydrogen (secondary N) is 1. The second-order valence-electron chi connectivity index (χ2n) is 3.33. The van der Waals surface area contributed by atoms with Crippen molar-refractivity contribution in [2.75, 3.05) is 5.32 Å². The van der Waals surface area contributed by atoms with Crippen molar-refractivity contribution in [2.24, 2.45) is 0 Å². The summed E-state index contributed by atoms with van der Waals surface area (Å²) in [7, 11) is 0. The van der Waals surface area contributed by atoms with Gasteiger partial charge in [0.05, 0.1) is 4.92 Å². The van der Waals surface area contributed by atoms with Crippen LogP contribution in [-0.4, -0.2) is 4.92 Å². The highest BCUT2D eigenvalue weighted by Gasteiger charge is 2.15. The first-order valence-corrected chi connectivity index (χ1v) is 5.61. The summed E-state index contributed by atoms with van der Waals surface area (Å²) < 4.78 is 0. The van der Waals surface area contributed by atoms with E-state index in [-0.39, 0.29) is 10.6 Å². The molecule has 0 spiro atoms. The van der Waals surface area contributed by atoms with Crippen LogP contribution in [0.1, 0.15) is 5.56 Å². The van der Waals surface area contributed by atoms with Gasteiger partial charge in [0.1, 0.15) is 0 Å². The summed E-state index contributed by atoms with van der Waals surface area (Å²) in [6.45, 7) is 1.96. The molecule has 1 N–H and O–H groups in total. The molecular formula is C11H10N2O2S. The van der Waals surface area contributed by atoms with Crippen molar-refractivity contribution >= 4 is 27.7 Å². The van der Waals surface area contributed by atoms with Gasteiger partial charge in [-0.15, -0.1) is 11.3 Å². The maximum absolute atomic E-state index is 10.7. The number of hydrogen-bond acceptors (Lipinski definition) is 4. The summed E-state index contributed by atoms with van der Waals surface area (Å²) in [6, 6.07) is 9.20. The second-order valence-corrected chi connectivity index (χ2v) is 4.25. The van der Waals surface area contributed by atoms with Gasteiger partial charge in [-0.05, 0) is 23.9 Å². The van der Waals surface area contributed by atoms with Gasteiger partial charge in [0.2, 0.25) is 0 Å². The fourth-order valence-corrected chi connectivity index (χ4v) is 2.14. The van der Waals surface area contributed by atoms with Crippen LogP contribution in [0.25, 0.3) is 0 Å². The van der Waals surface area contributed by atoms with E-state index in [1.54, 1.807) is 5.38 Å². The zero-order chi connectivity index (χ0) is 11.5. The fourth-order valence-electron chi connectivity index (χ4n) is 1.38. The lowest BCUT2D eigenvalue weighted by Gasteiger charge is -2.06. The molecule has 0 bridgehead atoms. The number of para-hydroxylation sites is 1. The normalized spacial score (nSPS) is 10.1. The molecule has 2 rings (SSSR count). The molecule has 0 aliphatic carbocycles. The van der Waals surface area contributed by atoms with Crippen molar-refractivity contribution in [1.29, 1.82) is 0 Å². The summed E-state index contributed by atoms with van der Waals surface area (Å²) in [5.74, 6) is 0. The van der Waals surface area contributed by atoms with Crippen molar-refractivity contribution < 1.29 is 4.92 Å². The molecule has 0 amide bonds. The number of aryl methyl sites for hydroxylation is 1. The Labute approximate surface area is 96.7 Å². The summed E-state index contributed by atoms with van der Waals surface area (Å²) in [6.07, 6.45) is 0. The van der Waals surface area contributed by atoms with E-state index in [1.807, 2.05) is 31.2 Å². The Morgan fingerprint density at radius 2 is 2.06 bits per heavy atom. The monoisotopic (exact) mass is 234 g/mol. The number of nitro groups is 1. The third-order valence-corrected chi connectivity index (χ3v) is 3.05. The third kappa shape index (κ3) is 2.04. The van der Waals surface area contributed by atoms with Crippen LogP contribution in [0.4, 0.5) is 16.4 Å². The van der Waals surface area contributed by atoms with E-state index < -0.39 is 0 Å². The predicted octanol–water partition coefficient (Wildman–Crippen LogP) is 3.71. The minimum Gasteiger partial charge on any atom is -0.341 e. The average Bonchev–Trinajstić information content (AvgIpc) is 2.69. The molecule has 1 heterocycles. The molecule has 0 atom stereocenters. The van der Waals surface area contributed by atoms with Crippen molar-refractivity contribution in [3.05, 3.63) is 51.4 Å². The lowest BCUT2D eigenvalue weighted by molar-refractivity contribution is -0.383.